The molecule has 1 unspecified atom stereocenters. The Morgan fingerprint density at radius 2 is 2.13 bits per heavy atom. The first-order chi connectivity index (χ1) is 15.1. The van der Waals surface area contributed by atoms with E-state index in [1.165, 1.54) is 23.1 Å². The van der Waals surface area contributed by atoms with Crippen molar-refractivity contribution in [1.29, 1.82) is 0 Å². The van der Waals surface area contributed by atoms with Gasteiger partial charge >= 0.3 is 6.09 Å². The van der Waals surface area contributed by atoms with E-state index >= 15 is 0 Å². The maximum Gasteiger partial charge on any atom is 0.414 e. The molecule has 12 heteroatoms. The normalized spacial score (nSPS) is 17.5. The number of imide groups is 1. The van der Waals surface area contributed by atoms with Crippen molar-refractivity contribution in [2.75, 3.05) is 48.4 Å². The summed E-state index contributed by atoms with van der Waals surface area (Å²) in [6, 6.07) is 3.41. The van der Waals surface area contributed by atoms with E-state index in [1.807, 2.05) is 6.07 Å². The van der Waals surface area contributed by atoms with Crippen LogP contribution in [0.1, 0.15) is 17.3 Å². The zero-order valence-corrected chi connectivity index (χ0v) is 18.3. The standard InChI is InChI=1S/C19H21N5O5S2/c1-2-29-19(27)23-15(25)11-4-10-30-17(11)22-16(26)18-21-13-12(31-18)3-5-20-14(13)24-6-8-28-9-7-24/h3-5,10,18,21H,2,6-9H2,1H3,(H,22,26)(H,23,25,27). The molecule has 0 spiro atoms. The average Bonchev–Trinajstić information content (AvgIpc) is 3.41. The number of hydrogen-bond donors (Lipinski definition) is 3. The van der Waals surface area contributed by atoms with E-state index in [0.29, 0.717) is 18.2 Å². The Kier molecular flexibility index (Phi) is 6.59. The highest BCUT2D eigenvalue weighted by molar-refractivity contribution is 8.01. The zero-order chi connectivity index (χ0) is 21.8. The number of thioether (sulfide) groups is 1. The molecule has 2 aromatic heterocycles. The van der Waals surface area contributed by atoms with Gasteiger partial charge in [-0.05, 0) is 24.4 Å². The Morgan fingerprint density at radius 3 is 2.90 bits per heavy atom. The summed E-state index contributed by atoms with van der Waals surface area (Å²) in [6.07, 6.45) is 0.901. The lowest BCUT2D eigenvalue weighted by Crippen LogP contribution is -2.37. The number of alkyl carbamates (subject to hydrolysis) is 1. The van der Waals surface area contributed by atoms with Gasteiger partial charge in [-0.15, -0.1) is 11.3 Å². The molecule has 1 atom stereocenters. The molecule has 31 heavy (non-hydrogen) atoms. The van der Waals surface area contributed by atoms with Gasteiger partial charge in [-0.3, -0.25) is 14.9 Å². The highest BCUT2D eigenvalue weighted by atomic mass is 32.2. The lowest BCUT2D eigenvalue weighted by Gasteiger charge is -2.29. The number of aromatic nitrogens is 1. The number of carbonyl (C=O) groups is 3. The minimum Gasteiger partial charge on any atom is -0.450 e. The molecule has 0 aromatic carbocycles. The molecule has 2 aromatic rings. The maximum atomic E-state index is 12.9. The average molecular weight is 464 g/mol. The number of fused-ring (bicyclic) bond motifs is 1. The van der Waals surface area contributed by atoms with Gasteiger partial charge in [-0.25, -0.2) is 9.78 Å². The zero-order valence-electron chi connectivity index (χ0n) is 16.7. The molecule has 2 aliphatic heterocycles. The highest BCUT2D eigenvalue weighted by Gasteiger charge is 2.32. The minimum absolute atomic E-state index is 0.152. The first-order valence-electron chi connectivity index (χ1n) is 9.68. The summed E-state index contributed by atoms with van der Waals surface area (Å²) in [5.41, 5.74) is 1.02. The number of pyridine rings is 1. The van der Waals surface area contributed by atoms with E-state index in [1.54, 1.807) is 24.6 Å². The molecule has 1 saturated heterocycles. The van der Waals surface area contributed by atoms with Gasteiger partial charge in [0, 0.05) is 24.2 Å². The summed E-state index contributed by atoms with van der Waals surface area (Å²) in [5, 5.41) is 9.61. The fourth-order valence-electron chi connectivity index (χ4n) is 3.18. The molecule has 2 aliphatic rings. The van der Waals surface area contributed by atoms with Crippen LogP contribution in [-0.2, 0) is 14.3 Å². The van der Waals surface area contributed by atoms with Crippen molar-refractivity contribution >= 4 is 57.5 Å². The molecular weight excluding hydrogens is 442 g/mol. The summed E-state index contributed by atoms with van der Waals surface area (Å²) in [6.45, 7) is 4.54. The van der Waals surface area contributed by atoms with Crippen LogP contribution < -0.4 is 20.9 Å². The molecule has 3 amide bonds. The van der Waals surface area contributed by atoms with E-state index in [-0.39, 0.29) is 18.1 Å². The summed E-state index contributed by atoms with van der Waals surface area (Å²) >= 11 is 2.58. The smallest absolute Gasteiger partial charge is 0.414 e. The van der Waals surface area contributed by atoms with Gasteiger partial charge in [0.2, 0.25) is 0 Å². The number of thiophene rings is 1. The topological polar surface area (TPSA) is 122 Å². The molecule has 0 saturated carbocycles. The van der Waals surface area contributed by atoms with Crippen LogP contribution in [0.2, 0.25) is 0 Å². The van der Waals surface area contributed by atoms with Crippen LogP contribution in [0.5, 0.6) is 0 Å². The lowest BCUT2D eigenvalue weighted by atomic mass is 10.3. The molecule has 0 radical (unpaired) electrons. The minimum atomic E-state index is -0.831. The van der Waals surface area contributed by atoms with Gasteiger partial charge in [-0.2, -0.15) is 0 Å². The van der Waals surface area contributed by atoms with E-state index in [9.17, 15) is 14.4 Å². The number of morpholine rings is 1. The third-order valence-electron chi connectivity index (χ3n) is 4.60. The van der Waals surface area contributed by atoms with Crippen molar-refractivity contribution in [2.24, 2.45) is 0 Å². The van der Waals surface area contributed by atoms with Crippen molar-refractivity contribution in [3.63, 3.8) is 0 Å². The van der Waals surface area contributed by atoms with Crippen molar-refractivity contribution < 1.29 is 23.9 Å². The van der Waals surface area contributed by atoms with Crippen LogP contribution in [0.25, 0.3) is 0 Å². The van der Waals surface area contributed by atoms with Gasteiger partial charge in [0.25, 0.3) is 11.8 Å². The van der Waals surface area contributed by atoms with Crippen LogP contribution in [0, 0.1) is 0 Å². The molecular formula is C19H21N5O5S2. The second kappa shape index (κ2) is 9.54. The quantitative estimate of drug-likeness (QED) is 0.613. The Balaban J connectivity index is 1.43. The number of amides is 3. The number of ether oxygens (including phenoxy) is 2. The lowest BCUT2D eigenvalue weighted by molar-refractivity contribution is -0.115. The molecule has 0 bridgehead atoms. The third-order valence-corrected chi connectivity index (χ3v) is 6.59. The fourth-order valence-corrected chi connectivity index (χ4v) is 4.97. The molecule has 4 heterocycles. The van der Waals surface area contributed by atoms with Crippen LogP contribution in [0.3, 0.4) is 0 Å². The van der Waals surface area contributed by atoms with Crippen LogP contribution in [0.15, 0.2) is 28.6 Å². The second-order valence-electron chi connectivity index (χ2n) is 6.58. The molecule has 0 aliphatic carbocycles. The fraction of sp³-hybridized carbons (Fsp3) is 0.368. The predicted octanol–water partition coefficient (Wildman–Crippen LogP) is 2.35. The van der Waals surface area contributed by atoms with Crippen molar-refractivity contribution in [3.05, 3.63) is 29.3 Å². The first-order valence-corrected chi connectivity index (χ1v) is 11.4. The van der Waals surface area contributed by atoms with Gasteiger partial charge < -0.3 is 25.0 Å². The predicted molar refractivity (Wildman–Crippen MR) is 118 cm³/mol. The molecule has 4 rings (SSSR count). The Morgan fingerprint density at radius 1 is 1.32 bits per heavy atom. The van der Waals surface area contributed by atoms with Gasteiger partial charge in [0.15, 0.2) is 11.2 Å². The number of carbonyl (C=O) groups excluding carboxylic acids is 3. The second-order valence-corrected chi connectivity index (χ2v) is 8.64. The maximum absolute atomic E-state index is 12.9. The molecule has 164 valence electrons. The number of rotatable bonds is 5. The Labute approximate surface area is 186 Å². The van der Waals surface area contributed by atoms with Crippen LogP contribution in [-0.4, -0.2) is 61.2 Å². The van der Waals surface area contributed by atoms with Gasteiger partial charge in [-0.1, -0.05) is 11.8 Å². The Hall–Kier alpha value is -2.83. The van der Waals surface area contributed by atoms with Gasteiger partial charge in [0.05, 0.1) is 31.1 Å². The first kappa shape index (κ1) is 21.4. The van der Waals surface area contributed by atoms with Crippen molar-refractivity contribution in [1.82, 2.24) is 10.3 Å². The molecule has 10 nitrogen and oxygen atoms in total. The monoisotopic (exact) mass is 463 g/mol. The summed E-state index contributed by atoms with van der Waals surface area (Å²) < 4.78 is 10.1. The SMILES string of the molecule is CCOC(=O)NC(=O)c1ccsc1NC(=O)C1Nc2c(ccnc2N2CCOCC2)S1. The third kappa shape index (κ3) is 4.75. The molecule has 1 fully saturated rings. The van der Waals surface area contributed by atoms with Gasteiger partial charge in [0.1, 0.15) is 5.00 Å². The van der Waals surface area contributed by atoms with E-state index in [0.717, 1.165) is 29.5 Å². The van der Waals surface area contributed by atoms with Crippen molar-refractivity contribution in [2.45, 2.75) is 17.2 Å². The number of anilines is 3. The molecule has 3 N–H and O–H groups in total. The summed E-state index contributed by atoms with van der Waals surface area (Å²) in [7, 11) is 0. The Bertz CT molecular complexity index is 992. The van der Waals surface area contributed by atoms with Crippen molar-refractivity contribution in [3.8, 4) is 0 Å². The van der Waals surface area contributed by atoms with Crippen LogP contribution in [0.4, 0.5) is 21.3 Å². The number of nitrogens with one attached hydrogen (secondary N) is 3. The largest absolute Gasteiger partial charge is 0.450 e. The highest BCUT2D eigenvalue weighted by Crippen LogP contribution is 2.43. The van der Waals surface area contributed by atoms with E-state index < -0.39 is 17.4 Å². The number of nitrogens with zero attached hydrogens (tertiary/aromatic N) is 2. The summed E-state index contributed by atoms with van der Waals surface area (Å²) in [5.74, 6) is -0.139. The summed E-state index contributed by atoms with van der Waals surface area (Å²) in [4.78, 5) is 44.3. The van der Waals surface area contributed by atoms with E-state index in [2.05, 4.69) is 25.8 Å². The number of hydrogen-bond acceptors (Lipinski definition) is 10. The van der Waals surface area contributed by atoms with Crippen LogP contribution >= 0.6 is 23.1 Å². The van der Waals surface area contributed by atoms with E-state index in [4.69, 9.17) is 9.47 Å².